The summed E-state index contributed by atoms with van der Waals surface area (Å²) in [7, 11) is 0. The van der Waals surface area contributed by atoms with Gasteiger partial charge in [-0.3, -0.25) is 15.4 Å². The fourth-order valence-corrected chi connectivity index (χ4v) is 2.69. The number of para-hydroxylation sites is 1. The van der Waals surface area contributed by atoms with Gasteiger partial charge in [0.25, 0.3) is 0 Å². The number of rotatable bonds is 2. The van der Waals surface area contributed by atoms with Gasteiger partial charge in [0, 0.05) is 18.3 Å². The molecule has 0 spiro atoms. The summed E-state index contributed by atoms with van der Waals surface area (Å²) < 4.78 is 1.30. The highest BCUT2D eigenvalue weighted by Crippen LogP contribution is 2.33. The van der Waals surface area contributed by atoms with Crippen molar-refractivity contribution in [2.75, 3.05) is 17.0 Å². The van der Waals surface area contributed by atoms with E-state index in [1.54, 1.807) is 6.20 Å². The molecule has 2 N–H and O–H groups in total. The van der Waals surface area contributed by atoms with Crippen LogP contribution in [0, 0.1) is 0 Å². The number of carbonyl (C=O) groups excluding carboxylic acids is 1. The summed E-state index contributed by atoms with van der Waals surface area (Å²) in [6, 6.07) is 9.81. The van der Waals surface area contributed by atoms with Gasteiger partial charge in [-0.2, -0.15) is 9.78 Å². The molecule has 7 nitrogen and oxygen atoms in total. The van der Waals surface area contributed by atoms with E-state index in [4.69, 9.17) is 0 Å². The molecule has 23 heavy (non-hydrogen) atoms. The van der Waals surface area contributed by atoms with Crippen molar-refractivity contribution in [3.05, 3.63) is 48.3 Å². The number of hydrazine groups is 1. The van der Waals surface area contributed by atoms with E-state index in [0.717, 1.165) is 16.9 Å². The Morgan fingerprint density at radius 1 is 1.35 bits per heavy atom. The Bertz CT molecular complexity index is 873. The zero-order valence-corrected chi connectivity index (χ0v) is 12.7. The van der Waals surface area contributed by atoms with Crippen LogP contribution in [0.2, 0.25) is 0 Å². The van der Waals surface area contributed by atoms with E-state index in [1.165, 1.54) is 4.68 Å². The second-order valence-electron chi connectivity index (χ2n) is 5.33. The largest absolute Gasteiger partial charge is 0.342 e. The fourth-order valence-electron chi connectivity index (χ4n) is 2.69. The molecule has 0 saturated carbocycles. The number of pyridine rings is 1. The van der Waals surface area contributed by atoms with Gasteiger partial charge in [-0.25, -0.2) is 4.79 Å². The lowest BCUT2D eigenvalue weighted by molar-refractivity contribution is 0.240. The first-order valence-electron chi connectivity index (χ1n) is 7.51. The molecule has 2 aromatic heterocycles. The van der Waals surface area contributed by atoms with Gasteiger partial charge in [0.1, 0.15) is 11.0 Å². The van der Waals surface area contributed by atoms with Crippen LogP contribution in [0.25, 0.3) is 11.0 Å². The highest BCUT2D eigenvalue weighted by Gasteiger charge is 2.23. The predicted octanol–water partition coefficient (Wildman–Crippen LogP) is 2.36. The summed E-state index contributed by atoms with van der Waals surface area (Å²) in [5.41, 5.74) is 7.79. The molecule has 0 atom stereocenters. The van der Waals surface area contributed by atoms with E-state index in [0.29, 0.717) is 24.1 Å². The number of hydrogen-bond donors (Lipinski definition) is 2. The maximum atomic E-state index is 11.9. The summed E-state index contributed by atoms with van der Waals surface area (Å²) in [5, 5.41) is 9.15. The van der Waals surface area contributed by atoms with Crippen LogP contribution in [0.1, 0.15) is 12.5 Å². The van der Waals surface area contributed by atoms with Gasteiger partial charge in [0.15, 0.2) is 0 Å². The minimum absolute atomic E-state index is 0.253. The van der Waals surface area contributed by atoms with E-state index in [2.05, 4.69) is 20.8 Å². The van der Waals surface area contributed by atoms with Gasteiger partial charge in [0.05, 0.1) is 24.1 Å². The molecule has 3 heterocycles. The highest BCUT2D eigenvalue weighted by molar-refractivity contribution is 5.93. The normalized spacial score (nSPS) is 13.0. The van der Waals surface area contributed by atoms with Crippen molar-refractivity contribution in [1.82, 2.24) is 20.1 Å². The van der Waals surface area contributed by atoms with Crippen LogP contribution in [0.5, 0.6) is 0 Å². The first-order chi connectivity index (χ1) is 11.3. The van der Waals surface area contributed by atoms with Gasteiger partial charge in [0.2, 0.25) is 0 Å². The number of amides is 1. The molecule has 1 aliphatic heterocycles. The van der Waals surface area contributed by atoms with Crippen molar-refractivity contribution in [2.24, 2.45) is 0 Å². The second-order valence-corrected chi connectivity index (χ2v) is 5.33. The maximum Gasteiger partial charge on any atom is 0.342 e. The van der Waals surface area contributed by atoms with Crippen molar-refractivity contribution < 1.29 is 4.79 Å². The first-order valence-corrected chi connectivity index (χ1v) is 7.51. The smallest absolute Gasteiger partial charge is 0.336 e. The average Bonchev–Trinajstić information content (AvgIpc) is 3.19. The van der Waals surface area contributed by atoms with Gasteiger partial charge in [-0.1, -0.05) is 18.2 Å². The Morgan fingerprint density at radius 3 is 2.96 bits per heavy atom. The lowest BCUT2D eigenvalue weighted by Gasteiger charge is -2.18. The molecule has 1 amide bonds. The first kappa shape index (κ1) is 13.6. The van der Waals surface area contributed by atoms with Crippen LogP contribution < -0.4 is 15.8 Å². The quantitative estimate of drug-likeness (QED) is 0.760. The molecule has 0 saturated heterocycles. The molecule has 0 aliphatic carbocycles. The van der Waals surface area contributed by atoms with Gasteiger partial charge in [-0.05, 0) is 19.1 Å². The summed E-state index contributed by atoms with van der Waals surface area (Å²) in [5.74, 6) is 0. The third kappa shape index (κ3) is 2.26. The van der Waals surface area contributed by atoms with Crippen LogP contribution in [-0.2, 0) is 6.54 Å². The van der Waals surface area contributed by atoms with Crippen molar-refractivity contribution in [2.45, 2.75) is 13.5 Å². The topological polar surface area (TPSA) is 75.1 Å². The number of aromatic nitrogens is 3. The summed E-state index contributed by atoms with van der Waals surface area (Å²) >= 11 is 0. The van der Waals surface area contributed by atoms with Crippen LogP contribution in [-0.4, -0.2) is 27.3 Å². The minimum Gasteiger partial charge on any atom is -0.336 e. The molecule has 3 aromatic rings. The van der Waals surface area contributed by atoms with Crippen molar-refractivity contribution in [1.29, 1.82) is 0 Å². The zero-order chi connectivity index (χ0) is 15.8. The standard InChI is InChI=1S/C16H16N6O/c1-2-17-16(23)22-10-13-15(20-22)14-11(8-18-13)9-21(19-14)12-6-4-3-5-7-12/h3-8,10,19H,2,9H2,1H3,(H,17,23). The van der Waals surface area contributed by atoms with Crippen LogP contribution in [0.15, 0.2) is 42.7 Å². The molecule has 116 valence electrons. The molecule has 4 rings (SSSR count). The summed E-state index contributed by atoms with van der Waals surface area (Å²) in [6.07, 6.45) is 3.48. The van der Waals surface area contributed by atoms with Gasteiger partial charge >= 0.3 is 6.03 Å². The van der Waals surface area contributed by atoms with Crippen LogP contribution >= 0.6 is 0 Å². The lowest BCUT2D eigenvalue weighted by atomic mass is 10.2. The van der Waals surface area contributed by atoms with Gasteiger partial charge in [-0.15, -0.1) is 0 Å². The SMILES string of the molecule is CCNC(=O)n1cc2ncc3c(c2n1)NN(c1ccccc1)C3. The van der Waals surface area contributed by atoms with Crippen molar-refractivity contribution in [3.63, 3.8) is 0 Å². The number of nitrogens with one attached hydrogen (secondary N) is 2. The molecule has 1 aromatic carbocycles. The Balaban J connectivity index is 1.71. The molecule has 0 fully saturated rings. The van der Waals surface area contributed by atoms with E-state index in [-0.39, 0.29) is 6.03 Å². The number of carbonyl (C=O) groups is 1. The minimum atomic E-state index is -0.253. The Labute approximate surface area is 132 Å². The number of anilines is 2. The third-order valence-electron chi connectivity index (χ3n) is 3.79. The number of nitrogens with zero attached hydrogens (tertiary/aromatic N) is 4. The molecule has 7 heteroatoms. The summed E-state index contributed by atoms with van der Waals surface area (Å²) in [6.45, 7) is 3.13. The third-order valence-corrected chi connectivity index (χ3v) is 3.79. The van der Waals surface area contributed by atoms with E-state index in [9.17, 15) is 4.79 Å². The predicted molar refractivity (Wildman–Crippen MR) is 88.2 cm³/mol. The molecular formula is C16H16N6O. The van der Waals surface area contributed by atoms with Crippen molar-refractivity contribution >= 4 is 28.4 Å². The molecular weight excluding hydrogens is 292 g/mol. The average molecular weight is 308 g/mol. The highest BCUT2D eigenvalue weighted by atomic mass is 16.2. The Kier molecular flexibility index (Phi) is 3.11. The molecule has 0 radical (unpaired) electrons. The fraction of sp³-hybridized carbons (Fsp3) is 0.188. The zero-order valence-electron chi connectivity index (χ0n) is 12.7. The maximum absolute atomic E-state index is 11.9. The lowest BCUT2D eigenvalue weighted by Crippen LogP contribution is -2.28. The number of hydrogen-bond acceptors (Lipinski definition) is 5. The van der Waals surface area contributed by atoms with E-state index >= 15 is 0 Å². The van der Waals surface area contributed by atoms with Gasteiger partial charge < -0.3 is 5.32 Å². The number of fused-ring (bicyclic) bond motifs is 3. The molecule has 0 unspecified atom stereocenters. The monoisotopic (exact) mass is 308 g/mol. The van der Waals surface area contributed by atoms with Crippen LogP contribution in [0.4, 0.5) is 16.2 Å². The number of benzene rings is 1. The Hall–Kier alpha value is -3.09. The second kappa shape index (κ2) is 5.28. The van der Waals surface area contributed by atoms with E-state index in [1.807, 2.05) is 48.5 Å². The molecule has 0 bridgehead atoms. The van der Waals surface area contributed by atoms with E-state index < -0.39 is 0 Å². The summed E-state index contributed by atoms with van der Waals surface area (Å²) in [4.78, 5) is 16.3. The molecule has 1 aliphatic rings. The van der Waals surface area contributed by atoms with Crippen molar-refractivity contribution in [3.8, 4) is 0 Å². The van der Waals surface area contributed by atoms with Crippen LogP contribution in [0.3, 0.4) is 0 Å². The Morgan fingerprint density at radius 2 is 2.17 bits per heavy atom.